The molecule has 2 aliphatic heterocycles. The molecule has 116 valence electrons. The molecule has 0 aromatic carbocycles. The Morgan fingerprint density at radius 3 is 2.81 bits per heavy atom. The van der Waals surface area contributed by atoms with Crippen LogP contribution in [0.5, 0.6) is 0 Å². The Labute approximate surface area is 125 Å². The van der Waals surface area contributed by atoms with Crippen LogP contribution in [0.15, 0.2) is 18.5 Å². The van der Waals surface area contributed by atoms with Gasteiger partial charge in [0.1, 0.15) is 6.61 Å². The van der Waals surface area contributed by atoms with E-state index >= 15 is 0 Å². The molecule has 0 unspecified atom stereocenters. The highest BCUT2D eigenvalue weighted by Crippen LogP contribution is 2.29. The zero-order valence-electron chi connectivity index (χ0n) is 12.7. The van der Waals surface area contributed by atoms with Gasteiger partial charge < -0.3 is 14.5 Å². The molecule has 1 aromatic heterocycles. The van der Waals surface area contributed by atoms with Crippen molar-refractivity contribution in [2.45, 2.75) is 31.4 Å². The highest BCUT2D eigenvalue weighted by Gasteiger charge is 2.40. The summed E-state index contributed by atoms with van der Waals surface area (Å²) >= 11 is 0. The summed E-state index contributed by atoms with van der Waals surface area (Å²) in [7, 11) is 1.88. The first-order chi connectivity index (χ1) is 10.2. The van der Waals surface area contributed by atoms with Gasteiger partial charge in [-0.05, 0) is 31.9 Å². The van der Waals surface area contributed by atoms with E-state index in [-0.39, 0.29) is 18.1 Å². The third-order valence-electron chi connectivity index (χ3n) is 4.64. The molecular formula is C15H24N4O2. The lowest BCUT2D eigenvalue weighted by atomic mass is 9.89. The predicted molar refractivity (Wildman–Crippen MR) is 78.8 cm³/mol. The third kappa shape index (κ3) is 3.44. The number of morpholine rings is 1. The lowest BCUT2D eigenvalue weighted by Gasteiger charge is -2.46. The van der Waals surface area contributed by atoms with Gasteiger partial charge in [-0.2, -0.15) is 5.10 Å². The summed E-state index contributed by atoms with van der Waals surface area (Å²) in [6.07, 6.45) is 6.99. The largest absolute Gasteiger partial charge is 0.363 e. The average Bonchev–Trinajstić information content (AvgIpc) is 2.99. The van der Waals surface area contributed by atoms with Gasteiger partial charge in [0.05, 0.1) is 5.60 Å². The number of carbonyl (C=O) groups is 1. The van der Waals surface area contributed by atoms with Gasteiger partial charge in [-0.3, -0.25) is 9.48 Å². The molecule has 0 radical (unpaired) electrons. The number of likely N-dealkylation sites (tertiary alicyclic amines) is 1. The Balaban J connectivity index is 1.41. The summed E-state index contributed by atoms with van der Waals surface area (Å²) in [4.78, 5) is 15.8. The summed E-state index contributed by atoms with van der Waals surface area (Å²) in [6, 6.07) is 1.96. The quantitative estimate of drug-likeness (QED) is 0.815. The summed E-state index contributed by atoms with van der Waals surface area (Å²) in [5.74, 6) is 0.0993. The number of rotatable bonds is 4. The van der Waals surface area contributed by atoms with Crippen molar-refractivity contribution in [3.63, 3.8) is 0 Å². The highest BCUT2D eigenvalue weighted by atomic mass is 16.5. The minimum Gasteiger partial charge on any atom is -0.363 e. The number of aryl methyl sites for hydroxylation is 1. The van der Waals surface area contributed by atoms with E-state index in [0.717, 1.165) is 52.0 Å². The number of ether oxygens (including phenoxy) is 1. The normalized spacial score (nSPS) is 22.9. The number of hydrogen-bond donors (Lipinski definition) is 0. The maximum Gasteiger partial charge on any atom is 0.248 e. The van der Waals surface area contributed by atoms with Crippen LogP contribution in [0.1, 0.15) is 19.3 Å². The van der Waals surface area contributed by atoms with Crippen molar-refractivity contribution in [2.75, 3.05) is 39.8 Å². The summed E-state index contributed by atoms with van der Waals surface area (Å²) < 4.78 is 7.85. The molecule has 0 aliphatic carbocycles. The van der Waals surface area contributed by atoms with Gasteiger partial charge in [0.15, 0.2) is 0 Å². The van der Waals surface area contributed by atoms with E-state index < -0.39 is 0 Å². The molecule has 2 saturated heterocycles. The Morgan fingerprint density at radius 1 is 1.33 bits per heavy atom. The highest BCUT2D eigenvalue weighted by molar-refractivity contribution is 5.78. The molecule has 6 heteroatoms. The number of aromatic nitrogens is 2. The maximum absolute atomic E-state index is 11.5. The van der Waals surface area contributed by atoms with Crippen LogP contribution in [0.25, 0.3) is 0 Å². The van der Waals surface area contributed by atoms with E-state index in [0.29, 0.717) is 0 Å². The first kappa shape index (κ1) is 14.5. The molecule has 1 amide bonds. The van der Waals surface area contributed by atoms with E-state index in [2.05, 4.69) is 10.00 Å². The Hall–Kier alpha value is -1.40. The Kier molecular flexibility index (Phi) is 4.26. The van der Waals surface area contributed by atoms with Crippen LogP contribution in [-0.2, 0) is 16.1 Å². The first-order valence-electron chi connectivity index (χ1n) is 7.75. The number of hydrogen-bond acceptors (Lipinski definition) is 4. The van der Waals surface area contributed by atoms with Crippen LogP contribution in [0.2, 0.25) is 0 Å². The van der Waals surface area contributed by atoms with Crippen LogP contribution in [0.4, 0.5) is 0 Å². The Morgan fingerprint density at radius 2 is 2.14 bits per heavy atom. The van der Waals surface area contributed by atoms with Crippen LogP contribution >= 0.6 is 0 Å². The van der Waals surface area contributed by atoms with Gasteiger partial charge in [0, 0.05) is 45.6 Å². The molecule has 0 atom stereocenters. The summed E-state index contributed by atoms with van der Waals surface area (Å²) in [5.41, 5.74) is -0.0961. The van der Waals surface area contributed by atoms with Gasteiger partial charge in [-0.15, -0.1) is 0 Å². The van der Waals surface area contributed by atoms with E-state index in [1.165, 1.54) is 0 Å². The van der Waals surface area contributed by atoms with Crippen LogP contribution in [0.3, 0.4) is 0 Å². The van der Waals surface area contributed by atoms with Crippen molar-refractivity contribution < 1.29 is 9.53 Å². The zero-order chi connectivity index (χ0) is 14.7. The van der Waals surface area contributed by atoms with Gasteiger partial charge in [0.25, 0.3) is 0 Å². The molecule has 1 aromatic rings. The fourth-order valence-corrected chi connectivity index (χ4v) is 3.27. The second kappa shape index (κ2) is 6.15. The number of amides is 1. The minimum absolute atomic E-state index is 0.0961. The van der Waals surface area contributed by atoms with Gasteiger partial charge in [-0.25, -0.2) is 0 Å². The average molecular weight is 292 g/mol. The summed E-state index contributed by atoms with van der Waals surface area (Å²) in [6.45, 7) is 5.18. The zero-order valence-corrected chi connectivity index (χ0v) is 12.7. The molecule has 2 fully saturated rings. The monoisotopic (exact) mass is 292 g/mol. The SMILES string of the molecule is CN1CC2(CCN(CCCn3cccn3)CC2)OCC1=O. The molecule has 0 N–H and O–H groups in total. The predicted octanol–water partition coefficient (Wildman–Crippen LogP) is 0.596. The van der Waals surface area contributed by atoms with Crippen LogP contribution in [-0.4, -0.2) is 70.9 Å². The molecule has 0 saturated carbocycles. The standard InChI is InChI=1S/C15H24N4O2/c1-17-13-15(21-12-14(17)20)4-10-18(11-5-15)7-3-9-19-8-2-6-16-19/h2,6,8H,3-5,7,9-13H2,1H3. The number of piperidine rings is 1. The molecule has 0 bridgehead atoms. The lowest BCUT2D eigenvalue weighted by Crippen LogP contribution is -2.57. The molecule has 21 heavy (non-hydrogen) atoms. The second-order valence-electron chi connectivity index (χ2n) is 6.19. The van der Waals surface area contributed by atoms with Crippen LogP contribution in [0, 0.1) is 0 Å². The van der Waals surface area contributed by atoms with Crippen molar-refractivity contribution >= 4 is 5.91 Å². The van der Waals surface area contributed by atoms with Crippen LogP contribution < -0.4 is 0 Å². The van der Waals surface area contributed by atoms with E-state index in [1.54, 1.807) is 0 Å². The van der Waals surface area contributed by atoms with E-state index in [9.17, 15) is 4.79 Å². The van der Waals surface area contributed by atoms with Crippen molar-refractivity contribution in [2.24, 2.45) is 0 Å². The molecule has 6 nitrogen and oxygen atoms in total. The molecule has 3 heterocycles. The van der Waals surface area contributed by atoms with Gasteiger partial charge >= 0.3 is 0 Å². The summed E-state index contributed by atoms with van der Waals surface area (Å²) in [5, 5.41) is 4.22. The minimum atomic E-state index is -0.0961. The first-order valence-corrected chi connectivity index (χ1v) is 7.75. The number of carbonyl (C=O) groups excluding carboxylic acids is 1. The van der Waals surface area contributed by atoms with Crippen molar-refractivity contribution in [1.29, 1.82) is 0 Å². The van der Waals surface area contributed by atoms with Gasteiger partial charge in [0.2, 0.25) is 5.91 Å². The molecular weight excluding hydrogens is 268 g/mol. The van der Waals surface area contributed by atoms with E-state index in [1.807, 2.05) is 35.1 Å². The molecule has 3 rings (SSSR count). The van der Waals surface area contributed by atoms with Crippen molar-refractivity contribution in [1.82, 2.24) is 19.6 Å². The lowest BCUT2D eigenvalue weighted by molar-refractivity contribution is -0.168. The number of nitrogens with zero attached hydrogens (tertiary/aromatic N) is 4. The van der Waals surface area contributed by atoms with E-state index in [4.69, 9.17) is 4.74 Å². The van der Waals surface area contributed by atoms with Crippen molar-refractivity contribution in [3.05, 3.63) is 18.5 Å². The molecule has 1 spiro atoms. The Bertz CT molecular complexity index is 466. The topological polar surface area (TPSA) is 50.6 Å². The second-order valence-corrected chi connectivity index (χ2v) is 6.19. The fourth-order valence-electron chi connectivity index (χ4n) is 3.27. The number of likely N-dealkylation sites (N-methyl/N-ethyl adjacent to an activating group) is 1. The van der Waals surface area contributed by atoms with Crippen molar-refractivity contribution in [3.8, 4) is 0 Å². The molecule has 2 aliphatic rings. The fraction of sp³-hybridized carbons (Fsp3) is 0.733. The third-order valence-corrected chi connectivity index (χ3v) is 4.64. The van der Waals surface area contributed by atoms with Gasteiger partial charge in [-0.1, -0.05) is 0 Å². The maximum atomic E-state index is 11.5. The smallest absolute Gasteiger partial charge is 0.248 e.